The molecule has 3 aromatic rings. The highest BCUT2D eigenvalue weighted by molar-refractivity contribution is 5.87. The van der Waals surface area contributed by atoms with Crippen LogP contribution in [0.5, 0.6) is 5.75 Å². The molecule has 0 amide bonds. The number of rotatable bonds is 11. The van der Waals surface area contributed by atoms with Crippen molar-refractivity contribution in [2.45, 2.75) is 38.7 Å². The molecular weight excluding hydrogens is 442 g/mol. The van der Waals surface area contributed by atoms with Crippen molar-refractivity contribution in [3.63, 3.8) is 0 Å². The number of imidazole rings is 1. The number of nitro groups is 1. The third-order valence-corrected chi connectivity index (χ3v) is 5.25. The second-order valence-corrected chi connectivity index (χ2v) is 7.60. The number of aromatic nitrogens is 2. The summed E-state index contributed by atoms with van der Waals surface area (Å²) in [6.07, 6.45) is 2.24. The number of H-pyrrole nitrogens is 1. The van der Waals surface area contributed by atoms with Crippen LogP contribution in [0, 0.1) is 10.1 Å². The normalized spacial score (nSPS) is 11.6. The van der Waals surface area contributed by atoms with Gasteiger partial charge in [0.05, 0.1) is 12.7 Å². The molecule has 0 radical (unpaired) electrons. The Morgan fingerprint density at radius 1 is 1.15 bits per heavy atom. The molecule has 1 aromatic heterocycles. The van der Waals surface area contributed by atoms with Gasteiger partial charge in [-0.15, -0.1) is 0 Å². The number of unbranched alkanes of at least 4 members (excludes halogenated alkanes) is 1. The highest BCUT2D eigenvalue weighted by atomic mass is 16.6. The molecule has 178 valence electrons. The van der Waals surface area contributed by atoms with Crippen molar-refractivity contribution in [3.05, 3.63) is 86.9 Å². The zero-order valence-corrected chi connectivity index (χ0v) is 18.8. The number of benzene rings is 2. The number of aromatic amines is 1. The first-order chi connectivity index (χ1) is 16.3. The smallest absolute Gasteiger partial charge is 0.386 e. The lowest BCUT2D eigenvalue weighted by Crippen LogP contribution is -2.17. The third kappa shape index (κ3) is 5.77. The van der Waals surface area contributed by atoms with E-state index in [9.17, 15) is 19.7 Å². The molecule has 0 saturated heterocycles. The van der Waals surface area contributed by atoms with Crippen LogP contribution in [0.3, 0.4) is 0 Å². The van der Waals surface area contributed by atoms with Gasteiger partial charge in [-0.25, -0.2) is 4.79 Å². The van der Waals surface area contributed by atoms with Gasteiger partial charge in [-0.2, -0.15) is 0 Å². The molecular formula is C24H25N3O7. The number of hydrogen-bond acceptors (Lipinski definition) is 7. The molecule has 1 atom stereocenters. The van der Waals surface area contributed by atoms with Crippen molar-refractivity contribution in [1.29, 1.82) is 0 Å². The molecule has 0 aliphatic carbocycles. The van der Waals surface area contributed by atoms with Crippen molar-refractivity contribution in [3.8, 4) is 5.75 Å². The first-order valence-corrected chi connectivity index (χ1v) is 10.7. The number of carbonyl (C=O) groups is 2. The second-order valence-electron chi connectivity index (χ2n) is 7.60. The van der Waals surface area contributed by atoms with Gasteiger partial charge in [0.2, 0.25) is 5.82 Å². The molecule has 10 heteroatoms. The lowest BCUT2D eigenvalue weighted by atomic mass is 9.95. The van der Waals surface area contributed by atoms with E-state index in [4.69, 9.17) is 14.6 Å². The van der Waals surface area contributed by atoms with Gasteiger partial charge >= 0.3 is 17.8 Å². The van der Waals surface area contributed by atoms with Gasteiger partial charge < -0.3 is 29.7 Å². The Bertz CT molecular complexity index is 1150. The summed E-state index contributed by atoms with van der Waals surface area (Å²) < 4.78 is 10.7. The van der Waals surface area contributed by atoms with E-state index in [2.05, 4.69) is 9.97 Å². The van der Waals surface area contributed by atoms with Crippen LogP contribution in [0.2, 0.25) is 0 Å². The number of methoxy groups -OCH3 is 1. The van der Waals surface area contributed by atoms with Crippen LogP contribution >= 0.6 is 0 Å². The quantitative estimate of drug-likeness (QED) is 0.242. The van der Waals surface area contributed by atoms with Gasteiger partial charge in [-0.1, -0.05) is 37.6 Å². The summed E-state index contributed by atoms with van der Waals surface area (Å²) >= 11 is 0. The topological polar surface area (TPSA) is 145 Å². The molecule has 1 unspecified atom stereocenters. The Labute approximate surface area is 195 Å². The number of esters is 1. The predicted molar refractivity (Wildman–Crippen MR) is 122 cm³/mol. The van der Waals surface area contributed by atoms with Crippen molar-refractivity contribution >= 4 is 17.8 Å². The monoisotopic (exact) mass is 467 g/mol. The van der Waals surface area contributed by atoms with Gasteiger partial charge in [-0.05, 0) is 51.7 Å². The van der Waals surface area contributed by atoms with Crippen LogP contribution in [0.4, 0.5) is 5.82 Å². The Balaban J connectivity index is 1.81. The third-order valence-electron chi connectivity index (χ3n) is 5.25. The van der Waals surface area contributed by atoms with E-state index >= 15 is 0 Å². The fourth-order valence-electron chi connectivity index (χ4n) is 3.44. The molecule has 10 nitrogen and oxygen atoms in total. The van der Waals surface area contributed by atoms with E-state index in [0.717, 1.165) is 18.4 Å². The van der Waals surface area contributed by atoms with Crippen molar-refractivity contribution < 1.29 is 29.1 Å². The molecule has 0 fully saturated rings. The van der Waals surface area contributed by atoms with Gasteiger partial charge in [-0.3, -0.25) is 4.79 Å². The van der Waals surface area contributed by atoms with Gasteiger partial charge in [0.15, 0.2) is 0 Å². The SMILES string of the molecule is CCCCc1nc([N+](=O)[O-])c(C(C(=O)OC)c2ccc(OCc3ccc(C(=O)O)cc3)cc2)[nH]1. The Hall–Kier alpha value is -4.21. The first-order valence-electron chi connectivity index (χ1n) is 10.7. The average molecular weight is 467 g/mol. The Kier molecular flexibility index (Phi) is 7.96. The van der Waals surface area contributed by atoms with E-state index in [-0.39, 0.29) is 17.9 Å². The van der Waals surface area contributed by atoms with Crippen LogP contribution in [-0.4, -0.2) is 39.0 Å². The highest BCUT2D eigenvalue weighted by Crippen LogP contribution is 2.32. The van der Waals surface area contributed by atoms with E-state index in [1.165, 1.54) is 19.2 Å². The zero-order valence-electron chi connectivity index (χ0n) is 18.8. The van der Waals surface area contributed by atoms with E-state index in [1.54, 1.807) is 36.4 Å². The molecule has 0 saturated carbocycles. The summed E-state index contributed by atoms with van der Waals surface area (Å²) in [7, 11) is 1.22. The maximum absolute atomic E-state index is 12.6. The van der Waals surface area contributed by atoms with Crippen molar-refractivity contribution in [2.24, 2.45) is 0 Å². The van der Waals surface area contributed by atoms with Crippen molar-refractivity contribution in [2.75, 3.05) is 7.11 Å². The Morgan fingerprint density at radius 2 is 1.82 bits per heavy atom. The summed E-state index contributed by atoms with van der Waals surface area (Å²) in [5.74, 6) is -2.14. The van der Waals surface area contributed by atoms with E-state index in [1.807, 2.05) is 6.92 Å². The van der Waals surface area contributed by atoms with Gasteiger partial charge in [0.25, 0.3) is 0 Å². The molecule has 0 bridgehead atoms. The van der Waals surface area contributed by atoms with E-state index < -0.39 is 28.6 Å². The minimum atomic E-state index is -1.05. The second kappa shape index (κ2) is 11.1. The predicted octanol–water partition coefficient (Wildman–Crippen LogP) is 4.24. The maximum Gasteiger partial charge on any atom is 0.386 e. The lowest BCUT2D eigenvalue weighted by Gasteiger charge is -2.14. The van der Waals surface area contributed by atoms with Gasteiger partial charge in [0, 0.05) is 6.42 Å². The fourth-order valence-corrected chi connectivity index (χ4v) is 3.44. The number of aromatic carboxylic acids is 1. The number of aryl methyl sites for hydroxylation is 1. The molecule has 2 aromatic carbocycles. The molecule has 0 spiro atoms. The highest BCUT2D eigenvalue weighted by Gasteiger charge is 2.35. The maximum atomic E-state index is 12.6. The number of hydrogen-bond donors (Lipinski definition) is 2. The molecule has 34 heavy (non-hydrogen) atoms. The number of carbonyl (C=O) groups excluding carboxylic acids is 1. The van der Waals surface area contributed by atoms with Crippen LogP contribution in [0.25, 0.3) is 0 Å². The van der Waals surface area contributed by atoms with Gasteiger partial charge in [0.1, 0.15) is 24.0 Å². The molecule has 0 aliphatic heterocycles. The summed E-state index contributed by atoms with van der Waals surface area (Å²) in [5.41, 5.74) is 1.54. The average Bonchev–Trinajstić information content (AvgIpc) is 3.26. The summed E-state index contributed by atoms with van der Waals surface area (Å²) in [6.45, 7) is 2.22. The molecule has 3 rings (SSSR count). The van der Waals surface area contributed by atoms with Crippen LogP contribution < -0.4 is 4.74 Å². The van der Waals surface area contributed by atoms with Crippen LogP contribution in [0.1, 0.15) is 58.7 Å². The number of nitrogens with one attached hydrogen (secondary N) is 1. The summed E-state index contributed by atoms with van der Waals surface area (Å²) in [5, 5.41) is 20.6. The number of carboxylic acid groups (broad SMARTS) is 1. The largest absolute Gasteiger partial charge is 0.489 e. The van der Waals surface area contributed by atoms with Crippen LogP contribution in [-0.2, 0) is 22.6 Å². The fraction of sp³-hybridized carbons (Fsp3) is 0.292. The number of ether oxygens (including phenoxy) is 2. The number of carboxylic acids is 1. The van der Waals surface area contributed by atoms with E-state index in [0.29, 0.717) is 23.6 Å². The number of nitrogens with zero attached hydrogens (tertiary/aromatic N) is 2. The molecule has 1 heterocycles. The minimum absolute atomic E-state index is 0.0788. The summed E-state index contributed by atoms with van der Waals surface area (Å²) in [6, 6.07) is 12.9. The Morgan fingerprint density at radius 3 is 2.38 bits per heavy atom. The van der Waals surface area contributed by atoms with Crippen molar-refractivity contribution in [1.82, 2.24) is 9.97 Å². The standard InChI is InChI=1S/C24H25N3O7/c1-3-4-5-19-25-21(22(26-19)27(31)32)20(24(30)33-2)16-10-12-18(13-11-16)34-14-15-6-8-17(9-7-15)23(28)29/h6-13,20H,3-5,14H2,1-2H3,(H,25,26)(H,28,29). The first kappa shape index (κ1) is 24.4. The molecule has 2 N–H and O–H groups in total. The summed E-state index contributed by atoms with van der Waals surface area (Å²) in [4.78, 5) is 41.6. The minimum Gasteiger partial charge on any atom is -0.489 e. The zero-order chi connectivity index (χ0) is 24.7. The lowest BCUT2D eigenvalue weighted by molar-refractivity contribution is -0.390. The molecule has 0 aliphatic rings. The van der Waals surface area contributed by atoms with Crippen LogP contribution in [0.15, 0.2) is 48.5 Å².